The Labute approximate surface area is 81.3 Å². The summed E-state index contributed by atoms with van der Waals surface area (Å²) in [5.74, 6) is -0.879. The predicted octanol–water partition coefficient (Wildman–Crippen LogP) is 3.27. The molecule has 0 saturated carbocycles. The summed E-state index contributed by atoms with van der Waals surface area (Å²) in [5, 5.41) is 8.87. The van der Waals surface area contributed by atoms with E-state index in [1.54, 1.807) is 0 Å². The first-order valence-electron chi connectivity index (χ1n) is 5.28. The summed E-state index contributed by atoms with van der Waals surface area (Å²) < 4.78 is 0. The fourth-order valence-corrected chi connectivity index (χ4v) is 1.29. The third kappa shape index (κ3) is 6.62. The number of carboxylic acid groups (broad SMARTS) is 1. The van der Waals surface area contributed by atoms with Gasteiger partial charge in [-0.3, -0.25) is 4.79 Å². The molecule has 0 aromatic heterocycles. The summed E-state index contributed by atoms with van der Waals surface area (Å²) in [4.78, 5) is 10.8. The van der Waals surface area contributed by atoms with Crippen molar-refractivity contribution in [1.82, 2.24) is 0 Å². The van der Waals surface area contributed by atoms with Crippen LogP contribution >= 0.6 is 0 Å². The molecule has 1 N–H and O–H groups in total. The molecule has 1 unspecified atom stereocenters. The Bertz CT molecular complexity index is 132. The minimum Gasteiger partial charge on any atom is -0.481 e. The van der Waals surface area contributed by atoms with Crippen molar-refractivity contribution in [3.63, 3.8) is 0 Å². The van der Waals surface area contributed by atoms with Crippen LogP contribution in [0.1, 0.15) is 52.4 Å². The number of carboxylic acids is 1. The molecule has 0 fully saturated rings. The molecule has 0 bridgehead atoms. The van der Waals surface area contributed by atoms with Gasteiger partial charge in [0.15, 0.2) is 0 Å². The Balaban J connectivity index is 3.61. The summed E-state index contributed by atoms with van der Waals surface area (Å²) in [6, 6.07) is 0. The van der Waals surface area contributed by atoms with Gasteiger partial charge in [0.2, 0.25) is 0 Å². The molecule has 1 atom stereocenters. The van der Waals surface area contributed by atoms with Crippen molar-refractivity contribution in [3.05, 3.63) is 6.42 Å². The fourth-order valence-electron chi connectivity index (χ4n) is 1.29. The maximum atomic E-state index is 10.8. The smallest absolute Gasteiger partial charge is 0.306 e. The molecule has 0 aliphatic heterocycles. The van der Waals surface area contributed by atoms with Gasteiger partial charge in [-0.25, -0.2) is 0 Å². The lowest BCUT2D eigenvalue weighted by Crippen LogP contribution is -2.14. The van der Waals surface area contributed by atoms with E-state index >= 15 is 0 Å². The third-order valence-corrected chi connectivity index (χ3v) is 2.19. The van der Waals surface area contributed by atoms with Gasteiger partial charge in [0.25, 0.3) is 0 Å². The average Bonchev–Trinajstić information content (AvgIpc) is 2.10. The van der Waals surface area contributed by atoms with E-state index in [0.717, 1.165) is 38.5 Å². The fraction of sp³-hybridized carbons (Fsp3) is 0.818. The van der Waals surface area contributed by atoms with Crippen LogP contribution < -0.4 is 0 Å². The Morgan fingerprint density at radius 3 is 2.38 bits per heavy atom. The summed E-state index contributed by atoms with van der Waals surface area (Å²) in [6.45, 7) is 4.21. The van der Waals surface area contributed by atoms with Gasteiger partial charge in [-0.1, -0.05) is 39.5 Å². The van der Waals surface area contributed by atoms with Gasteiger partial charge in [-0.2, -0.15) is 0 Å². The minimum absolute atomic E-state index is 0.216. The van der Waals surface area contributed by atoms with Crippen molar-refractivity contribution in [1.29, 1.82) is 0 Å². The number of carbonyl (C=O) groups is 1. The summed E-state index contributed by atoms with van der Waals surface area (Å²) in [7, 11) is 0. The Kier molecular flexibility index (Phi) is 7.76. The van der Waals surface area contributed by atoms with Crippen LogP contribution in [-0.4, -0.2) is 11.1 Å². The highest BCUT2D eigenvalue weighted by atomic mass is 16.4. The first-order chi connectivity index (χ1) is 6.22. The zero-order chi connectivity index (χ0) is 10.1. The van der Waals surface area contributed by atoms with Crippen molar-refractivity contribution in [2.45, 2.75) is 52.4 Å². The van der Waals surface area contributed by atoms with E-state index in [4.69, 9.17) is 5.11 Å². The zero-order valence-electron chi connectivity index (χ0n) is 8.75. The highest BCUT2D eigenvalue weighted by molar-refractivity contribution is 5.71. The van der Waals surface area contributed by atoms with Gasteiger partial charge in [0.1, 0.15) is 0 Å². The number of rotatable bonds is 8. The lowest BCUT2D eigenvalue weighted by molar-refractivity contribution is -0.140. The summed E-state index contributed by atoms with van der Waals surface area (Å²) in [6.07, 6.45) is 8.03. The molecule has 77 valence electrons. The highest BCUT2D eigenvalue weighted by Gasteiger charge is 2.15. The van der Waals surface area contributed by atoms with Crippen molar-refractivity contribution in [2.75, 3.05) is 0 Å². The second-order valence-corrected chi connectivity index (χ2v) is 3.46. The van der Waals surface area contributed by atoms with E-state index in [0.29, 0.717) is 0 Å². The van der Waals surface area contributed by atoms with Gasteiger partial charge in [-0.05, 0) is 19.3 Å². The molecular weight excluding hydrogens is 164 g/mol. The molecule has 0 aliphatic carbocycles. The topological polar surface area (TPSA) is 37.3 Å². The van der Waals surface area contributed by atoms with Crippen LogP contribution in [0.2, 0.25) is 0 Å². The average molecular weight is 185 g/mol. The summed E-state index contributed by atoms with van der Waals surface area (Å²) in [5.41, 5.74) is 0. The maximum absolute atomic E-state index is 10.8. The van der Waals surface area contributed by atoms with Gasteiger partial charge >= 0.3 is 5.97 Å². The summed E-state index contributed by atoms with van der Waals surface area (Å²) >= 11 is 0. The number of aliphatic carboxylic acids is 1. The second-order valence-electron chi connectivity index (χ2n) is 3.46. The van der Waals surface area contributed by atoms with Crippen molar-refractivity contribution in [3.8, 4) is 0 Å². The van der Waals surface area contributed by atoms with E-state index in [9.17, 15) is 4.79 Å². The lowest BCUT2D eigenvalue weighted by Gasteiger charge is -2.10. The lowest BCUT2D eigenvalue weighted by atomic mass is 9.96. The third-order valence-electron chi connectivity index (χ3n) is 2.19. The van der Waals surface area contributed by atoms with Crippen molar-refractivity contribution >= 4 is 5.97 Å². The van der Waals surface area contributed by atoms with Crippen LogP contribution in [0.25, 0.3) is 0 Å². The molecule has 0 rings (SSSR count). The Hall–Kier alpha value is -0.530. The molecule has 2 nitrogen and oxygen atoms in total. The van der Waals surface area contributed by atoms with Crippen LogP contribution in [0.3, 0.4) is 0 Å². The molecule has 1 radical (unpaired) electrons. The standard InChI is InChI=1S/C11H21O2/c1-3-5-7-9-10(11(12)13)8-6-4-2/h9-10H,3-8H2,1-2H3,(H,12,13). The molecule has 0 aromatic rings. The first-order valence-corrected chi connectivity index (χ1v) is 5.28. The Morgan fingerprint density at radius 1 is 1.31 bits per heavy atom. The molecule has 0 aliphatic rings. The van der Waals surface area contributed by atoms with E-state index < -0.39 is 5.97 Å². The van der Waals surface area contributed by atoms with Gasteiger partial charge in [0.05, 0.1) is 5.92 Å². The SMILES string of the molecule is CCCC[CH]C(CCCC)C(=O)O. The van der Waals surface area contributed by atoms with Crippen LogP contribution in [-0.2, 0) is 4.79 Å². The van der Waals surface area contributed by atoms with E-state index in [1.807, 2.05) is 6.42 Å². The number of hydrogen-bond donors (Lipinski definition) is 1. The molecule has 0 spiro atoms. The number of hydrogen-bond acceptors (Lipinski definition) is 1. The van der Waals surface area contributed by atoms with Crippen LogP contribution in [0, 0.1) is 12.3 Å². The first kappa shape index (κ1) is 12.5. The molecule has 0 aromatic carbocycles. The molecule has 13 heavy (non-hydrogen) atoms. The quantitative estimate of drug-likeness (QED) is 0.589. The van der Waals surface area contributed by atoms with Crippen LogP contribution in [0.15, 0.2) is 0 Å². The van der Waals surface area contributed by atoms with E-state index in [-0.39, 0.29) is 5.92 Å². The van der Waals surface area contributed by atoms with Crippen LogP contribution in [0.5, 0.6) is 0 Å². The molecule has 2 heteroatoms. The second kappa shape index (κ2) is 8.09. The molecule has 0 amide bonds. The van der Waals surface area contributed by atoms with Crippen LogP contribution in [0.4, 0.5) is 0 Å². The molecular formula is C11H21O2. The largest absolute Gasteiger partial charge is 0.481 e. The zero-order valence-corrected chi connectivity index (χ0v) is 8.75. The van der Waals surface area contributed by atoms with E-state index in [2.05, 4.69) is 13.8 Å². The maximum Gasteiger partial charge on any atom is 0.306 e. The predicted molar refractivity (Wildman–Crippen MR) is 54.5 cm³/mol. The van der Waals surface area contributed by atoms with Gasteiger partial charge in [0, 0.05) is 0 Å². The molecule has 0 saturated heterocycles. The van der Waals surface area contributed by atoms with Crippen molar-refractivity contribution in [2.24, 2.45) is 5.92 Å². The highest BCUT2D eigenvalue weighted by Crippen LogP contribution is 2.15. The molecule has 0 heterocycles. The Morgan fingerprint density at radius 2 is 1.92 bits per heavy atom. The normalized spacial score (nSPS) is 12.8. The van der Waals surface area contributed by atoms with Gasteiger partial charge < -0.3 is 5.11 Å². The van der Waals surface area contributed by atoms with Gasteiger partial charge in [-0.15, -0.1) is 0 Å². The number of unbranched alkanes of at least 4 members (excludes halogenated alkanes) is 3. The van der Waals surface area contributed by atoms with E-state index in [1.165, 1.54) is 0 Å². The minimum atomic E-state index is -0.662. The monoisotopic (exact) mass is 185 g/mol. The van der Waals surface area contributed by atoms with Crippen molar-refractivity contribution < 1.29 is 9.90 Å².